The number of hydrogen-bond donors (Lipinski definition) is 0. The van der Waals surface area contributed by atoms with Crippen LogP contribution >= 0.6 is 11.6 Å². The number of aromatic nitrogens is 1. The van der Waals surface area contributed by atoms with Crippen LogP contribution in [0.2, 0.25) is 5.02 Å². The molecule has 0 spiro atoms. The van der Waals surface area contributed by atoms with E-state index in [2.05, 4.69) is 4.98 Å². The molecule has 2 aromatic carbocycles. The summed E-state index contributed by atoms with van der Waals surface area (Å²) < 4.78 is 32.4. The van der Waals surface area contributed by atoms with Crippen LogP contribution in [0.4, 0.5) is 16.3 Å². The fraction of sp³-hybridized carbons (Fsp3) is 0.100. The second-order valence-corrected chi connectivity index (χ2v) is 8.55. The number of hydrogen-bond acceptors (Lipinski definition) is 5. The summed E-state index contributed by atoms with van der Waals surface area (Å²) in [5, 5.41) is 0.522. The quantitative estimate of drug-likeness (QED) is 0.620. The van der Waals surface area contributed by atoms with Crippen LogP contribution in [0.5, 0.6) is 5.75 Å². The average Bonchev–Trinajstić information content (AvgIpc) is 2.73. The van der Waals surface area contributed by atoms with Crippen LogP contribution in [0.3, 0.4) is 0 Å². The van der Waals surface area contributed by atoms with E-state index >= 15 is 0 Å². The number of nitrogens with zero attached hydrogens (tertiary/aromatic N) is 3. The molecule has 1 aromatic heterocycles. The van der Waals surface area contributed by atoms with Crippen LogP contribution in [0.1, 0.15) is 5.56 Å². The van der Waals surface area contributed by atoms with Gasteiger partial charge in [0.1, 0.15) is 10.6 Å². The summed E-state index contributed by atoms with van der Waals surface area (Å²) >= 11 is 5.91. The van der Waals surface area contributed by atoms with Crippen LogP contribution in [-0.4, -0.2) is 30.8 Å². The van der Waals surface area contributed by atoms with E-state index in [1.165, 1.54) is 30.3 Å². The first-order valence-corrected chi connectivity index (χ1v) is 10.4. The molecule has 0 N–H and O–H groups in total. The number of methoxy groups -OCH3 is 1. The molecule has 29 heavy (non-hydrogen) atoms. The van der Waals surface area contributed by atoms with Gasteiger partial charge in [0.25, 0.3) is 10.0 Å². The van der Waals surface area contributed by atoms with Crippen molar-refractivity contribution < 1.29 is 17.9 Å². The van der Waals surface area contributed by atoms with Crippen molar-refractivity contribution >= 4 is 39.2 Å². The van der Waals surface area contributed by atoms with E-state index in [1.807, 2.05) is 0 Å². The lowest BCUT2D eigenvalue weighted by molar-refractivity contribution is 0.229. The highest BCUT2D eigenvalue weighted by molar-refractivity contribution is 7.90. The van der Waals surface area contributed by atoms with Gasteiger partial charge >= 0.3 is 6.03 Å². The number of fused-ring (bicyclic) bond motifs is 1. The van der Waals surface area contributed by atoms with Crippen molar-refractivity contribution in [1.29, 1.82) is 0 Å². The molecule has 3 aromatic rings. The van der Waals surface area contributed by atoms with E-state index in [4.69, 9.17) is 16.3 Å². The molecule has 0 radical (unpaired) electrons. The van der Waals surface area contributed by atoms with Crippen LogP contribution in [0, 0.1) is 0 Å². The number of carbonyl (C=O) groups is 1. The highest BCUT2D eigenvalue weighted by Crippen LogP contribution is 2.38. The van der Waals surface area contributed by atoms with Gasteiger partial charge in [-0.1, -0.05) is 29.8 Å². The number of rotatable bonds is 4. The third-order valence-corrected chi connectivity index (χ3v) is 6.48. The lowest BCUT2D eigenvalue weighted by Gasteiger charge is -2.35. The molecular weight excluding hydrogens is 414 g/mol. The van der Waals surface area contributed by atoms with Crippen LogP contribution < -0.4 is 9.64 Å². The highest BCUT2D eigenvalue weighted by atomic mass is 35.5. The molecule has 0 fully saturated rings. The van der Waals surface area contributed by atoms with E-state index in [1.54, 1.807) is 48.5 Å². The van der Waals surface area contributed by atoms with Crippen LogP contribution in [-0.2, 0) is 16.6 Å². The van der Waals surface area contributed by atoms with Gasteiger partial charge in [-0.15, -0.1) is 0 Å². The second kappa shape index (κ2) is 7.38. The van der Waals surface area contributed by atoms with Gasteiger partial charge in [-0.25, -0.2) is 27.4 Å². The monoisotopic (exact) mass is 429 g/mol. The summed E-state index contributed by atoms with van der Waals surface area (Å²) in [6.45, 7) is -0.132. The van der Waals surface area contributed by atoms with E-state index in [-0.39, 0.29) is 17.3 Å². The Bertz CT molecular complexity index is 1180. The molecule has 1 aliphatic heterocycles. The minimum Gasteiger partial charge on any atom is -0.497 e. The average molecular weight is 430 g/mol. The Labute approximate surface area is 173 Å². The number of sulfonamides is 1. The predicted molar refractivity (Wildman–Crippen MR) is 109 cm³/mol. The fourth-order valence-electron chi connectivity index (χ4n) is 3.07. The molecule has 148 valence electrons. The van der Waals surface area contributed by atoms with Crippen molar-refractivity contribution in [2.24, 2.45) is 0 Å². The Morgan fingerprint density at radius 2 is 1.83 bits per heavy atom. The summed E-state index contributed by atoms with van der Waals surface area (Å²) in [5.74, 6) is 0.587. The molecule has 4 rings (SSSR count). The SMILES string of the molecule is COc1cccc(N2C(=O)N(Cc3ccc(Cl)cc3)S(=O)(=O)c3cccnc32)c1. The van der Waals surface area contributed by atoms with Gasteiger partial charge in [-0.05, 0) is 42.0 Å². The maximum atomic E-state index is 13.3. The maximum absolute atomic E-state index is 13.3. The fourth-order valence-corrected chi connectivity index (χ4v) is 4.66. The number of ether oxygens (including phenoxy) is 1. The molecule has 0 atom stereocenters. The summed E-state index contributed by atoms with van der Waals surface area (Å²) in [6, 6.07) is 15.7. The van der Waals surface area contributed by atoms with Gasteiger partial charge in [0, 0.05) is 17.3 Å². The first-order valence-electron chi connectivity index (χ1n) is 8.62. The van der Waals surface area contributed by atoms with Gasteiger partial charge in [0.05, 0.1) is 19.3 Å². The van der Waals surface area contributed by atoms with Gasteiger partial charge in [0.15, 0.2) is 5.82 Å². The van der Waals surface area contributed by atoms with E-state index in [0.717, 1.165) is 4.31 Å². The number of pyridine rings is 1. The van der Waals surface area contributed by atoms with Gasteiger partial charge in [-0.3, -0.25) is 0 Å². The Balaban J connectivity index is 1.85. The van der Waals surface area contributed by atoms with Gasteiger partial charge in [0.2, 0.25) is 0 Å². The van der Waals surface area contributed by atoms with E-state index in [0.29, 0.717) is 22.0 Å². The zero-order valence-corrected chi connectivity index (χ0v) is 16.9. The molecule has 1 aliphatic rings. The largest absolute Gasteiger partial charge is 0.497 e. The van der Waals surface area contributed by atoms with Gasteiger partial charge < -0.3 is 4.74 Å². The van der Waals surface area contributed by atoms with Crippen molar-refractivity contribution in [2.75, 3.05) is 12.0 Å². The molecule has 0 bridgehead atoms. The molecule has 0 unspecified atom stereocenters. The molecule has 0 saturated carbocycles. The van der Waals surface area contributed by atoms with E-state index < -0.39 is 16.1 Å². The Morgan fingerprint density at radius 1 is 1.07 bits per heavy atom. The Hall–Kier alpha value is -3.10. The minimum atomic E-state index is -4.08. The molecule has 7 nitrogen and oxygen atoms in total. The van der Waals surface area contributed by atoms with Crippen LogP contribution in [0.15, 0.2) is 71.8 Å². The van der Waals surface area contributed by atoms with E-state index in [9.17, 15) is 13.2 Å². The number of urea groups is 1. The molecule has 2 heterocycles. The minimum absolute atomic E-state index is 0.0450. The lowest BCUT2D eigenvalue weighted by atomic mass is 10.2. The van der Waals surface area contributed by atoms with Crippen LogP contribution in [0.25, 0.3) is 0 Å². The van der Waals surface area contributed by atoms with Crippen molar-refractivity contribution in [1.82, 2.24) is 9.29 Å². The summed E-state index contributed by atoms with van der Waals surface area (Å²) in [4.78, 5) is 18.7. The molecular formula is C20H16ClN3O4S. The zero-order chi connectivity index (χ0) is 20.6. The smallest absolute Gasteiger partial charge is 0.344 e. The second-order valence-electron chi connectivity index (χ2n) is 6.28. The summed E-state index contributed by atoms with van der Waals surface area (Å²) in [6.07, 6.45) is 1.45. The first-order chi connectivity index (χ1) is 13.9. The number of anilines is 2. The van der Waals surface area contributed by atoms with Crippen molar-refractivity contribution in [3.05, 3.63) is 77.4 Å². The topological polar surface area (TPSA) is 79.8 Å². The number of amides is 2. The Morgan fingerprint density at radius 3 is 2.55 bits per heavy atom. The normalized spacial score (nSPS) is 15.2. The molecule has 0 saturated heterocycles. The van der Waals surface area contributed by atoms with Crippen molar-refractivity contribution in [3.63, 3.8) is 0 Å². The first kappa shape index (κ1) is 19.2. The standard InChI is InChI=1S/C20H16ClN3O4S/c1-28-17-5-2-4-16(12-17)24-19-18(6-3-11-22-19)29(26,27)23(20(24)25)13-14-7-9-15(21)10-8-14/h2-12H,13H2,1H3. The summed E-state index contributed by atoms with van der Waals surface area (Å²) in [7, 11) is -2.57. The zero-order valence-electron chi connectivity index (χ0n) is 15.3. The number of carbonyl (C=O) groups excluding carboxylic acids is 1. The predicted octanol–water partition coefficient (Wildman–Crippen LogP) is 4.21. The molecule has 0 aliphatic carbocycles. The summed E-state index contributed by atoms with van der Waals surface area (Å²) in [5.41, 5.74) is 1.08. The van der Waals surface area contributed by atoms with Crippen molar-refractivity contribution in [3.8, 4) is 5.75 Å². The number of halogens is 1. The Kier molecular flexibility index (Phi) is 4.89. The lowest BCUT2D eigenvalue weighted by Crippen LogP contribution is -2.48. The third-order valence-electron chi connectivity index (χ3n) is 4.49. The van der Waals surface area contributed by atoms with Crippen molar-refractivity contribution in [2.45, 2.75) is 11.4 Å². The number of benzene rings is 2. The highest BCUT2D eigenvalue weighted by Gasteiger charge is 2.43. The maximum Gasteiger partial charge on any atom is 0.344 e. The van der Waals surface area contributed by atoms with Gasteiger partial charge in [-0.2, -0.15) is 0 Å². The molecule has 9 heteroatoms. The third kappa shape index (κ3) is 3.41. The molecule has 2 amide bonds.